The van der Waals surface area contributed by atoms with E-state index in [4.69, 9.17) is 0 Å². The highest BCUT2D eigenvalue weighted by Gasteiger charge is 2.50. The zero-order chi connectivity index (χ0) is 17.3. The number of hydrogen-bond donors (Lipinski definition) is 1. The SMILES string of the molecule is CC(C)NC(=O)[C@H]1CCS(=O)(=O)[C@@H]2CN(Cc3ccccc3)C[C@H]12. The van der Waals surface area contributed by atoms with Crippen molar-refractivity contribution in [3.8, 4) is 0 Å². The van der Waals surface area contributed by atoms with Gasteiger partial charge in [0.15, 0.2) is 9.84 Å². The second-order valence-electron chi connectivity index (χ2n) is 7.31. The molecular formula is C18H26N2O3S. The summed E-state index contributed by atoms with van der Waals surface area (Å²) in [5.74, 6) is -0.145. The number of likely N-dealkylation sites (tertiary alicyclic amines) is 1. The Morgan fingerprint density at radius 3 is 2.62 bits per heavy atom. The summed E-state index contributed by atoms with van der Waals surface area (Å²) in [4.78, 5) is 14.7. The smallest absolute Gasteiger partial charge is 0.223 e. The lowest BCUT2D eigenvalue weighted by Crippen LogP contribution is -2.48. The van der Waals surface area contributed by atoms with E-state index in [0.717, 1.165) is 6.54 Å². The van der Waals surface area contributed by atoms with Crippen molar-refractivity contribution in [3.05, 3.63) is 35.9 Å². The Hall–Kier alpha value is -1.40. The fourth-order valence-corrected chi connectivity index (χ4v) is 6.12. The molecule has 24 heavy (non-hydrogen) atoms. The number of fused-ring (bicyclic) bond motifs is 1. The van der Waals surface area contributed by atoms with Gasteiger partial charge in [-0.2, -0.15) is 0 Å². The highest BCUT2D eigenvalue weighted by atomic mass is 32.2. The number of carbonyl (C=O) groups excluding carboxylic acids is 1. The van der Waals surface area contributed by atoms with Gasteiger partial charge in [-0.05, 0) is 25.8 Å². The Balaban J connectivity index is 1.76. The molecule has 2 saturated heterocycles. The minimum absolute atomic E-state index is 0.0106. The summed E-state index contributed by atoms with van der Waals surface area (Å²) in [5, 5.41) is 2.56. The van der Waals surface area contributed by atoms with Crippen LogP contribution >= 0.6 is 0 Å². The third-order valence-electron chi connectivity index (χ3n) is 5.09. The molecule has 2 fully saturated rings. The number of nitrogens with one attached hydrogen (secondary N) is 1. The van der Waals surface area contributed by atoms with Gasteiger partial charge in [0.1, 0.15) is 0 Å². The molecule has 2 aliphatic heterocycles. The summed E-state index contributed by atoms with van der Waals surface area (Å²) in [6.45, 7) is 5.82. The average molecular weight is 350 g/mol. The van der Waals surface area contributed by atoms with Crippen LogP contribution in [0.15, 0.2) is 30.3 Å². The van der Waals surface area contributed by atoms with Gasteiger partial charge < -0.3 is 5.32 Å². The summed E-state index contributed by atoms with van der Waals surface area (Å²) in [7, 11) is -3.10. The standard InChI is InChI=1S/C18H26N2O3S/c1-13(2)19-18(21)15-8-9-24(22,23)17-12-20(11-16(15)17)10-14-6-4-3-5-7-14/h3-7,13,15-17H,8-12H2,1-2H3,(H,19,21)/t15-,16+,17+/m0/s1. The van der Waals surface area contributed by atoms with Gasteiger partial charge in [-0.3, -0.25) is 9.69 Å². The van der Waals surface area contributed by atoms with Crippen molar-refractivity contribution in [1.29, 1.82) is 0 Å². The number of sulfone groups is 1. The van der Waals surface area contributed by atoms with Crippen molar-refractivity contribution in [2.24, 2.45) is 11.8 Å². The van der Waals surface area contributed by atoms with Gasteiger partial charge >= 0.3 is 0 Å². The minimum atomic E-state index is -3.10. The van der Waals surface area contributed by atoms with Gasteiger partial charge in [-0.15, -0.1) is 0 Å². The molecule has 0 aromatic heterocycles. The highest BCUT2D eigenvalue weighted by Crippen LogP contribution is 2.37. The molecule has 1 N–H and O–H groups in total. The van der Waals surface area contributed by atoms with Crippen LogP contribution in [0.1, 0.15) is 25.8 Å². The monoisotopic (exact) mass is 350 g/mol. The number of amides is 1. The van der Waals surface area contributed by atoms with E-state index in [9.17, 15) is 13.2 Å². The van der Waals surface area contributed by atoms with Gasteiger partial charge in [0.25, 0.3) is 0 Å². The molecule has 0 radical (unpaired) electrons. The quantitative estimate of drug-likeness (QED) is 0.892. The first-order chi connectivity index (χ1) is 11.4. The predicted molar refractivity (Wildman–Crippen MR) is 94.2 cm³/mol. The van der Waals surface area contributed by atoms with Crippen molar-refractivity contribution in [2.45, 2.75) is 38.1 Å². The molecule has 3 atom stereocenters. The third-order valence-corrected chi connectivity index (χ3v) is 7.32. The second kappa shape index (κ2) is 6.84. The third kappa shape index (κ3) is 3.64. The van der Waals surface area contributed by atoms with Crippen LogP contribution in [-0.4, -0.2) is 49.4 Å². The lowest BCUT2D eigenvalue weighted by atomic mass is 9.87. The lowest BCUT2D eigenvalue weighted by molar-refractivity contribution is -0.127. The molecule has 5 nitrogen and oxygen atoms in total. The van der Waals surface area contributed by atoms with Crippen LogP contribution < -0.4 is 5.32 Å². The van der Waals surface area contributed by atoms with Crippen LogP contribution in [-0.2, 0) is 21.2 Å². The van der Waals surface area contributed by atoms with E-state index in [-0.39, 0.29) is 29.5 Å². The van der Waals surface area contributed by atoms with Crippen LogP contribution in [0.2, 0.25) is 0 Å². The molecule has 1 aromatic carbocycles. The van der Waals surface area contributed by atoms with Crippen molar-refractivity contribution < 1.29 is 13.2 Å². The average Bonchev–Trinajstić information content (AvgIpc) is 2.92. The summed E-state index contributed by atoms with van der Waals surface area (Å²) in [6, 6.07) is 10.2. The summed E-state index contributed by atoms with van der Waals surface area (Å²) >= 11 is 0. The Kier molecular flexibility index (Phi) is 4.97. The molecule has 0 aliphatic carbocycles. The Morgan fingerprint density at radius 2 is 1.96 bits per heavy atom. The molecule has 2 heterocycles. The molecule has 0 saturated carbocycles. The topological polar surface area (TPSA) is 66.5 Å². The largest absolute Gasteiger partial charge is 0.354 e. The van der Waals surface area contributed by atoms with Crippen LogP contribution in [0, 0.1) is 11.8 Å². The van der Waals surface area contributed by atoms with E-state index in [2.05, 4.69) is 22.3 Å². The van der Waals surface area contributed by atoms with Gasteiger partial charge in [0, 0.05) is 37.5 Å². The Labute approximate surface area is 144 Å². The van der Waals surface area contributed by atoms with Crippen molar-refractivity contribution in [2.75, 3.05) is 18.8 Å². The molecule has 0 bridgehead atoms. The molecule has 3 rings (SSSR count). The summed E-state index contributed by atoms with van der Waals surface area (Å²) in [6.07, 6.45) is 0.446. The van der Waals surface area contributed by atoms with E-state index in [1.54, 1.807) is 0 Å². The zero-order valence-electron chi connectivity index (χ0n) is 14.3. The molecule has 132 valence electrons. The van der Waals surface area contributed by atoms with E-state index in [1.807, 2.05) is 32.0 Å². The molecule has 1 amide bonds. The second-order valence-corrected chi connectivity index (χ2v) is 9.65. The first-order valence-electron chi connectivity index (χ1n) is 8.65. The predicted octanol–water partition coefficient (Wildman–Crippen LogP) is 1.45. The van der Waals surface area contributed by atoms with Crippen LogP contribution in [0.4, 0.5) is 0 Å². The maximum absolute atomic E-state index is 12.5. The maximum atomic E-state index is 12.5. The molecule has 6 heteroatoms. The number of rotatable bonds is 4. The Morgan fingerprint density at radius 1 is 1.25 bits per heavy atom. The fraction of sp³-hybridized carbons (Fsp3) is 0.611. The summed E-state index contributed by atoms with van der Waals surface area (Å²) < 4.78 is 25.0. The fourth-order valence-electron chi connectivity index (χ4n) is 3.99. The minimum Gasteiger partial charge on any atom is -0.354 e. The van der Waals surface area contributed by atoms with Gasteiger partial charge in [-0.1, -0.05) is 30.3 Å². The molecule has 0 unspecified atom stereocenters. The highest BCUT2D eigenvalue weighted by molar-refractivity contribution is 7.92. The van der Waals surface area contributed by atoms with Gasteiger partial charge in [0.05, 0.1) is 11.0 Å². The number of hydrogen-bond acceptors (Lipinski definition) is 4. The van der Waals surface area contributed by atoms with E-state index < -0.39 is 15.1 Å². The summed E-state index contributed by atoms with van der Waals surface area (Å²) in [5.41, 5.74) is 1.18. The first kappa shape index (κ1) is 17.4. The normalized spacial score (nSPS) is 29.4. The van der Waals surface area contributed by atoms with Crippen molar-refractivity contribution in [3.63, 3.8) is 0 Å². The van der Waals surface area contributed by atoms with E-state index in [1.165, 1.54) is 5.56 Å². The number of benzene rings is 1. The molecule has 0 spiro atoms. The van der Waals surface area contributed by atoms with Crippen LogP contribution in [0.25, 0.3) is 0 Å². The van der Waals surface area contributed by atoms with E-state index >= 15 is 0 Å². The van der Waals surface area contributed by atoms with E-state index in [0.29, 0.717) is 19.5 Å². The first-order valence-corrected chi connectivity index (χ1v) is 10.4. The van der Waals surface area contributed by atoms with Crippen molar-refractivity contribution >= 4 is 15.7 Å². The molecule has 1 aromatic rings. The maximum Gasteiger partial charge on any atom is 0.223 e. The molecule has 2 aliphatic rings. The number of nitrogens with zero attached hydrogens (tertiary/aromatic N) is 1. The van der Waals surface area contributed by atoms with Gasteiger partial charge in [0.2, 0.25) is 5.91 Å². The number of carbonyl (C=O) groups is 1. The Bertz CT molecular complexity index is 687. The van der Waals surface area contributed by atoms with Crippen molar-refractivity contribution in [1.82, 2.24) is 10.2 Å². The zero-order valence-corrected chi connectivity index (χ0v) is 15.1. The van der Waals surface area contributed by atoms with Crippen LogP contribution in [0.5, 0.6) is 0 Å². The molecular weight excluding hydrogens is 324 g/mol. The van der Waals surface area contributed by atoms with Crippen LogP contribution in [0.3, 0.4) is 0 Å². The lowest BCUT2D eigenvalue weighted by Gasteiger charge is -2.32. The van der Waals surface area contributed by atoms with Gasteiger partial charge in [-0.25, -0.2) is 8.42 Å².